The highest BCUT2D eigenvalue weighted by atomic mass is 16.5. The van der Waals surface area contributed by atoms with Gasteiger partial charge in [0, 0.05) is 22.9 Å². The first-order valence-corrected chi connectivity index (χ1v) is 10.8. The molecule has 3 rings (SSSR count). The number of ether oxygens (including phenoxy) is 2. The monoisotopic (exact) mass is 477 g/mol. The SMILES string of the molecule is C=C(CC(NC(=O)c1ccc(CCc2ccc3nc(N)nc(N)c3c2)cc1)C(=O)OC)C(=O)OC. The van der Waals surface area contributed by atoms with Crippen molar-refractivity contribution in [1.29, 1.82) is 0 Å². The van der Waals surface area contributed by atoms with Crippen LogP contribution >= 0.6 is 0 Å². The highest BCUT2D eigenvalue weighted by molar-refractivity contribution is 5.97. The minimum atomic E-state index is -1.07. The van der Waals surface area contributed by atoms with Crippen molar-refractivity contribution in [2.75, 3.05) is 25.7 Å². The van der Waals surface area contributed by atoms with Crippen LogP contribution in [0, 0.1) is 0 Å². The van der Waals surface area contributed by atoms with E-state index in [0.717, 1.165) is 29.4 Å². The molecular formula is C25H27N5O5. The Balaban J connectivity index is 1.64. The summed E-state index contributed by atoms with van der Waals surface area (Å²) in [4.78, 5) is 44.5. The van der Waals surface area contributed by atoms with E-state index in [-0.39, 0.29) is 17.9 Å². The maximum atomic E-state index is 12.7. The molecule has 10 heteroatoms. The number of aromatic nitrogens is 2. The highest BCUT2D eigenvalue weighted by Crippen LogP contribution is 2.21. The first kappa shape index (κ1) is 25.2. The molecule has 2 aromatic carbocycles. The minimum Gasteiger partial charge on any atom is -0.467 e. The number of rotatable bonds is 9. The number of nitrogens with two attached hydrogens (primary N) is 2. The van der Waals surface area contributed by atoms with Gasteiger partial charge in [0.15, 0.2) is 0 Å². The van der Waals surface area contributed by atoms with E-state index in [1.54, 1.807) is 12.1 Å². The summed E-state index contributed by atoms with van der Waals surface area (Å²) in [5.74, 6) is -1.36. The van der Waals surface area contributed by atoms with Crippen molar-refractivity contribution in [3.8, 4) is 0 Å². The number of nitrogens with one attached hydrogen (secondary N) is 1. The second-order valence-corrected chi connectivity index (χ2v) is 7.86. The Labute approximate surface area is 202 Å². The molecule has 5 N–H and O–H groups in total. The second kappa shape index (κ2) is 11.1. The predicted molar refractivity (Wildman–Crippen MR) is 131 cm³/mol. The second-order valence-electron chi connectivity index (χ2n) is 7.86. The molecule has 1 amide bonds. The first-order chi connectivity index (χ1) is 16.7. The molecule has 0 saturated carbocycles. The van der Waals surface area contributed by atoms with Gasteiger partial charge in [-0.15, -0.1) is 0 Å². The van der Waals surface area contributed by atoms with Crippen LogP contribution in [-0.4, -0.2) is 48.1 Å². The van der Waals surface area contributed by atoms with Gasteiger partial charge in [-0.1, -0.05) is 24.8 Å². The van der Waals surface area contributed by atoms with Crippen molar-refractivity contribution in [2.45, 2.75) is 25.3 Å². The number of nitrogen functional groups attached to an aromatic ring is 2. The molecule has 0 aliphatic carbocycles. The first-order valence-electron chi connectivity index (χ1n) is 10.8. The number of hydrogen-bond acceptors (Lipinski definition) is 9. The summed E-state index contributed by atoms with van der Waals surface area (Å²) >= 11 is 0. The van der Waals surface area contributed by atoms with E-state index in [1.807, 2.05) is 30.3 Å². The maximum Gasteiger partial charge on any atom is 0.333 e. The zero-order valence-corrected chi connectivity index (χ0v) is 19.5. The predicted octanol–water partition coefficient (Wildman–Crippen LogP) is 1.97. The normalized spacial score (nSPS) is 11.5. The van der Waals surface area contributed by atoms with E-state index < -0.39 is 23.9 Å². The molecule has 182 valence electrons. The number of esters is 2. The molecule has 0 aliphatic heterocycles. The van der Waals surface area contributed by atoms with Gasteiger partial charge in [0.2, 0.25) is 5.95 Å². The van der Waals surface area contributed by atoms with Crippen LogP contribution in [0.15, 0.2) is 54.6 Å². The molecule has 0 radical (unpaired) electrons. The van der Waals surface area contributed by atoms with Gasteiger partial charge in [-0.2, -0.15) is 4.98 Å². The third-order valence-corrected chi connectivity index (χ3v) is 5.44. The van der Waals surface area contributed by atoms with Crippen LogP contribution in [-0.2, 0) is 31.9 Å². The summed E-state index contributed by atoms with van der Waals surface area (Å²) in [5, 5.41) is 3.33. The van der Waals surface area contributed by atoms with E-state index in [1.165, 1.54) is 14.2 Å². The van der Waals surface area contributed by atoms with Gasteiger partial charge < -0.3 is 26.3 Å². The molecule has 0 aliphatic rings. The lowest BCUT2D eigenvalue weighted by Gasteiger charge is -2.17. The third kappa shape index (κ3) is 6.32. The summed E-state index contributed by atoms with van der Waals surface area (Å²) in [5.41, 5.74) is 14.8. The quantitative estimate of drug-likeness (QED) is 0.309. The van der Waals surface area contributed by atoms with Crippen LogP contribution in [0.3, 0.4) is 0 Å². The number of carbonyl (C=O) groups excluding carboxylic acids is 3. The van der Waals surface area contributed by atoms with Crippen molar-refractivity contribution >= 4 is 40.5 Å². The molecule has 0 bridgehead atoms. The number of carbonyl (C=O) groups is 3. The molecule has 1 aromatic heterocycles. The van der Waals surface area contributed by atoms with Crippen LogP contribution in [0.2, 0.25) is 0 Å². The molecule has 3 aromatic rings. The summed E-state index contributed by atoms with van der Waals surface area (Å²) < 4.78 is 9.32. The summed E-state index contributed by atoms with van der Waals surface area (Å²) in [6, 6.07) is 11.7. The number of nitrogens with zero attached hydrogens (tertiary/aromatic N) is 2. The van der Waals surface area contributed by atoms with E-state index in [4.69, 9.17) is 16.2 Å². The zero-order chi connectivity index (χ0) is 25.5. The van der Waals surface area contributed by atoms with Crippen molar-refractivity contribution in [3.63, 3.8) is 0 Å². The third-order valence-electron chi connectivity index (χ3n) is 5.44. The summed E-state index contributed by atoms with van der Waals surface area (Å²) in [6.45, 7) is 3.59. The average Bonchev–Trinajstić information content (AvgIpc) is 2.86. The highest BCUT2D eigenvalue weighted by Gasteiger charge is 2.25. The van der Waals surface area contributed by atoms with E-state index >= 15 is 0 Å². The number of anilines is 2. The lowest BCUT2D eigenvalue weighted by molar-refractivity contribution is -0.143. The molecule has 0 fully saturated rings. The molecular weight excluding hydrogens is 450 g/mol. The van der Waals surface area contributed by atoms with Crippen molar-refractivity contribution in [3.05, 3.63) is 71.3 Å². The molecule has 0 saturated heterocycles. The van der Waals surface area contributed by atoms with Crippen LogP contribution in [0.4, 0.5) is 11.8 Å². The summed E-state index contributed by atoms with van der Waals surface area (Å²) in [6.07, 6.45) is 1.34. The molecule has 0 spiro atoms. The van der Waals surface area contributed by atoms with E-state index in [0.29, 0.717) is 16.9 Å². The fourth-order valence-electron chi connectivity index (χ4n) is 3.54. The van der Waals surface area contributed by atoms with Gasteiger partial charge in [0.25, 0.3) is 5.91 Å². The van der Waals surface area contributed by atoms with Gasteiger partial charge in [-0.3, -0.25) is 4.79 Å². The van der Waals surface area contributed by atoms with Crippen LogP contribution in [0.25, 0.3) is 10.9 Å². The fourth-order valence-corrected chi connectivity index (χ4v) is 3.54. The number of benzene rings is 2. The number of fused-ring (bicyclic) bond motifs is 1. The largest absolute Gasteiger partial charge is 0.467 e. The van der Waals surface area contributed by atoms with Crippen molar-refractivity contribution in [2.24, 2.45) is 0 Å². The number of aryl methyl sites for hydroxylation is 2. The molecule has 1 atom stereocenters. The van der Waals surface area contributed by atoms with Gasteiger partial charge >= 0.3 is 11.9 Å². The Bertz CT molecular complexity index is 1270. The zero-order valence-electron chi connectivity index (χ0n) is 19.5. The van der Waals surface area contributed by atoms with Crippen LogP contribution in [0.1, 0.15) is 27.9 Å². The standard InChI is InChI=1S/C25H27N5O5/c1-14(23(32)34-2)12-20(24(33)35-3)28-22(31)17-9-6-15(7-10-17)4-5-16-8-11-19-18(13-16)21(26)30-25(27)29-19/h6-11,13,20H,1,4-5,12H2,2-3H3,(H,28,31)(H4,26,27,29,30). The van der Waals surface area contributed by atoms with E-state index in [9.17, 15) is 14.4 Å². The summed E-state index contributed by atoms with van der Waals surface area (Å²) in [7, 11) is 2.41. The van der Waals surface area contributed by atoms with Gasteiger partial charge in [0.05, 0.1) is 19.7 Å². The molecule has 10 nitrogen and oxygen atoms in total. The fraction of sp³-hybridized carbons (Fsp3) is 0.240. The van der Waals surface area contributed by atoms with E-state index in [2.05, 4.69) is 26.6 Å². The Morgan fingerprint density at radius 2 is 1.63 bits per heavy atom. The lowest BCUT2D eigenvalue weighted by atomic mass is 10.0. The van der Waals surface area contributed by atoms with Gasteiger partial charge in [0.1, 0.15) is 11.9 Å². The Morgan fingerprint density at radius 3 is 2.29 bits per heavy atom. The Morgan fingerprint density at radius 1 is 0.971 bits per heavy atom. The number of methoxy groups -OCH3 is 2. The molecule has 1 heterocycles. The van der Waals surface area contributed by atoms with Crippen LogP contribution < -0.4 is 16.8 Å². The number of amides is 1. The van der Waals surface area contributed by atoms with Crippen molar-refractivity contribution < 1.29 is 23.9 Å². The van der Waals surface area contributed by atoms with Gasteiger partial charge in [-0.05, 0) is 48.2 Å². The Hall–Kier alpha value is -4.47. The molecule has 35 heavy (non-hydrogen) atoms. The minimum absolute atomic E-state index is 0.0454. The maximum absolute atomic E-state index is 12.7. The topological polar surface area (TPSA) is 160 Å². The lowest BCUT2D eigenvalue weighted by Crippen LogP contribution is -2.42. The van der Waals surface area contributed by atoms with Crippen LogP contribution in [0.5, 0.6) is 0 Å². The van der Waals surface area contributed by atoms with Crippen molar-refractivity contribution in [1.82, 2.24) is 15.3 Å². The molecule has 1 unspecified atom stereocenters. The van der Waals surface area contributed by atoms with Gasteiger partial charge in [-0.25, -0.2) is 14.6 Å². The average molecular weight is 478 g/mol. The Kier molecular flexibility index (Phi) is 7.98. The smallest absolute Gasteiger partial charge is 0.333 e. The number of hydrogen-bond donors (Lipinski definition) is 3.